The summed E-state index contributed by atoms with van der Waals surface area (Å²) in [6.45, 7) is 6.77. The van der Waals surface area contributed by atoms with Gasteiger partial charge in [0.2, 0.25) is 0 Å². The number of nitrogens with zero attached hydrogens (tertiary/aromatic N) is 1. The number of aromatic carboxylic acids is 1. The molecule has 1 aliphatic heterocycles. The third kappa shape index (κ3) is 3.19. The van der Waals surface area contributed by atoms with E-state index in [0.29, 0.717) is 18.3 Å². The molecule has 0 aliphatic carbocycles. The zero-order valence-corrected chi connectivity index (χ0v) is 11.6. The summed E-state index contributed by atoms with van der Waals surface area (Å²) < 4.78 is 5.55. The van der Waals surface area contributed by atoms with Gasteiger partial charge in [0, 0.05) is 6.54 Å². The number of hydrogen-bond acceptors (Lipinski definition) is 3. The molecule has 0 amide bonds. The second kappa shape index (κ2) is 5.95. The lowest BCUT2D eigenvalue weighted by atomic mass is 10.1. The summed E-state index contributed by atoms with van der Waals surface area (Å²) >= 11 is 0. The molecule has 0 saturated carbocycles. The minimum atomic E-state index is -0.930. The van der Waals surface area contributed by atoms with Crippen LogP contribution in [0.3, 0.4) is 0 Å². The van der Waals surface area contributed by atoms with Gasteiger partial charge in [-0.1, -0.05) is 19.9 Å². The molecule has 0 unspecified atom stereocenters. The molecule has 0 aromatic heterocycles. The molecule has 0 fully saturated rings. The molecule has 1 heterocycles. The Hall–Kier alpha value is -1.71. The van der Waals surface area contributed by atoms with Crippen molar-refractivity contribution in [2.24, 2.45) is 5.92 Å². The van der Waals surface area contributed by atoms with Crippen molar-refractivity contribution in [2.45, 2.75) is 26.7 Å². The lowest BCUT2D eigenvalue weighted by molar-refractivity contribution is 0.0692. The molecule has 1 N–H and O–H groups in total. The summed E-state index contributed by atoms with van der Waals surface area (Å²) in [5, 5.41) is 9.18. The summed E-state index contributed by atoms with van der Waals surface area (Å²) in [5.74, 6) is 0.289. The van der Waals surface area contributed by atoms with E-state index < -0.39 is 5.97 Å². The van der Waals surface area contributed by atoms with Crippen LogP contribution in [0.15, 0.2) is 18.2 Å². The smallest absolute Gasteiger partial charge is 0.339 e. The highest BCUT2D eigenvalue weighted by Gasteiger charge is 2.23. The van der Waals surface area contributed by atoms with Crippen LogP contribution in [0, 0.1) is 5.92 Å². The lowest BCUT2D eigenvalue weighted by Crippen LogP contribution is -2.34. The standard InChI is InChI=1S/C15H21NO3/c1-11(2)5-4-8-16-9-10-19-14-12(15(17)18)6-3-7-13(14)16/h3,6-7,11H,4-5,8-10H2,1-2H3,(H,17,18). The SMILES string of the molecule is CC(C)CCCN1CCOc2c(C(=O)O)cccc21. The van der Waals surface area contributed by atoms with Crippen LogP contribution in [-0.2, 0) is 0 Å². The summed E-state index contributed by atoms with van der Waals surface area (Å²) in [4.78, 5) is 13.4. The van der Waals surface area contributed by atoms with Gasteiger partial charge in [0.25, 0.3) is 0 Å². The van der Waals surface area contributed by atoms with Gasteiger partial charge in [0.15, 0.2) is 5.75 Å². The Kier molecular flexibility index (Phi) is 4.30. The highest BCUT2D eigenvalue weighted by atomic mass is 16.5. The van der Waals surface area contributed by atoms with Gasteiger partial charge in [-0.25, -0.2) is 4.79 Å². The van der Waals surface area contributed by atoms with Gasteiger partial charge in [-0.2, -0.15) is 0 Å². The highest BCUT2D eigenvalue weighted by molar-refractivity contribution is 5.93. The fourth-order valence-corrected chi connectivity index (χ4v) is 2.39. The molecular formula is C15H21NO3. The van der Waals surface area contributed by atoms with E-state index in [1.165, 1.54) is 6.42 Å². The van der Waals surface area contributed by atoms with Crippen LogP contribution in [0.2, 0.25) is 0 Å². The zero-order valence-electron chi connectivity index (χ0n) is 11.6. The average Bonchev–Trinajstić information content (AvgIpc) is 2.37. The van der Waals surface area contributed by atoms with E-state index in [4.69, 9.17) is 4.74 Å². The first-order chi connectivity index (χ1) is 9.09. The number of rotatable bonds is 5. The van der Waals surface area contributed by atoms with Crippen LogP contribution in [0.25, 0.3) is 0 Å². The normalized spacial score (nSPS) is 14.2. The monoisotopic (exact) mass is 263 g/mol. The minimum absolute atomic E-state index is 0.256. The Balaban J connectivity index is 2.15. The number of benzene rings is 1. The largest absolute Gasteiger partial charge is 0.489 e. The molecule has 0 radical (unpaired) electrons. The van der Waals surface area contributed by atoms with Gasteiger partial charge in [0.05, 0.1) is 12.2 Å². The lowest BCUT2D eigenvalue weighted by Gasteiger charge is -2.32. The third-order valence-corrected chi connectivity index (χ3v) is 3.38. The van der Waals surface area contributed by atoms with Gasteiger partial charge in [-0.05, 0) is 30.9 Å². The second-order valence-electron chi connectivity index (χ2n) is 5.33. The van der Waals surface area contributed by atoms with Gasteiger partial charge < -0.3 is 14.7 Å². The Labute approximate surface area is 114 Å². The van der Waals surface area contributed by atoms with Crippen LogP contribution < -0.4 is 9.64 Å². The predicted octanol–water partition coefficient (Wildman–Crippen LogP) is 3.02. The third-order valence-electron chi connectivity index (χ3n) is 3.38. The first-order valence-electron chi connectivity index (χ1n) is 6.83. The van der Waals surface area contributed by atoms with Crippen molar-refractivity contribution < 1.29 is 14.6 Å². The number of anilines is 1. The van der Waals surface area contributed by atoms with Crippen molar-refractivity contribution >= 4 is 11.7 Å². The molecule has 0 spiro atoms. The number of carboxylic acid groups (broad SMARTS) is 1. The zero-order chi connectivity index (χ0) is 13.8. The maximum Gasteiger partial charge on any atom is 0.339 e. The fourth-order valence-electron chi connectivity index (χ4n) is 2.39. The maximum atomic E-state index is 11.2. The summed E-state index contributed by atoms with van der Waals surface area (Å²) in [7, 11) is 0. The maximum absolute atomic E-state index is 11.2. The number of para-hydroxylation sites is 1. The molecule has 2 rings (SSSR count). The molecule has 19 heavy (non-hydrogen) atoms. The molecule has 1 aliphatic rings. The first kappa shape index (κ1) is 13.7. The van der Waals surface area contributed by atoms with Crippen LogP contribution in [-0.4, -0.2) is 30.8 Å². The van der Waals surface area contributed by atoms with Crippen LogP contribution >= 0.6 is 0 Å². The Bertz CT molecular complexity index is 457. The Morgan fingerprint density at radius 3 is 2.95 bits per heavy atom. The van der Waals surface area contributed by atoms with Crippen molar-refractivity contribution in [3.8, 4) is 5.75 Å². The number of carboxylic acids is 1. The fraction of sp³-hybridized carbons (Fsp3) is 0.533. The van der Waals surface area contributed by atoms with Crippen LogP contribution in [0.4, 0.5) is 5.69 Å². The molecule has 1 aromatic carbocycles. The van der Waals surface area contributed by atoms with Crippen molar-refractivity contribution in [1.29, 1.82) is 0 Å². The molecule has 1 aromatic rings. The van der Waals surface area contributed by atoms with Crippen molar-refractivity contribution in [1.82, 2.24) is 0 Å². The van der Waals surface area contributed by atoms with Crippen LogP contribution in [0.1, 0.15) is 37.0 Å². The summed E-state index contributed by atoms with van der Waals surface area (Å²) in [6.07, 6.45) is 2.31. The molecule has 0 atom stereocenters. The van der Waals surface area contributed by atoms with Crippen molar-refractivity contribution in [3.05, 3.63) is 23.8 Å². The minimum Gasteiger partial charge on any atom is -0.489 e. The van der Waals surface area contributed by atoms with E-state index in [1.807, 2.05) is 6.07 Å². The topological polar surface area (TPSA) is 49.8 Å². The van der Waals surface area contributed by atoms with E-state index in [-0.39, 0.29) is 5.56 Å². The summed E-state index contributed by atoms with van der Waals surface area (Å²) in [5.41, 5.74) is 1.17. The molecule has 0 saturated heterocycles. The number of carbonyl (C=O) groups is 1. The number of hydrogen-bond donors (Lipinski definition) is 1. The Morgan fingerprint density at radius 2 is 2.26 bits per heavy atom. The van der Waals surface area contributed by atoms with Gasteiger partial charge >= 0.3 is 5.97 Å². The van der Waals surface area contributed by atoms with E-state index >= 15 is 0 Å². The first-order valence-corrected chi connectivity index (χ1v) is 6.83. The molecule has 104 valence electrons. The second-order valence-corrected chi connectivity index (χ2v) is 5.33. The van der Waals surface area contributed by atoms with Gasteiger partial charge in [-0.15, -0.1) is 0 Å². The molecule has 4 heteroatoms. The van der Waals surface area contributed by atoms with E-state index in [1.54, 1.807) is 12.1 Å². The number of ether oxygens (including phenoxy) is 1. The van der Waals surface area contributed by atoms with Crippen molar-refractivity contribution in [2.75, 3.05) is 24.6 Å². The molecular weight excluding hydrogens is 242 g/mol. The van der Waals surface area contributed by atoms with Gasteiger partial charge in [-0.3, -0.25) is 0 Å². The van der Waals surface area contributed by atoms with Crippen LogP contribution in [0.5, 0.6) is 5.75 Å². The average molecular weight is 263 g/mol. The Morgan fingerprint density at radius 1 is 1.47 bits per heavy atom. The van der Waals surface area contributed by atoms with Gasteiger partial charge in [0.1, 0.15) is 12.2 Å². The predicted molar refractivity (Wildman–Crippen MR) is 75.2 cm³/mol. The van der Waals surface area contributed by atoms with E-state index in [0.717, 1.165) is 25.2 Å². The number of fused-ring (bicyclic) bond motifs is 1. The van der Waals surface area contributed by atoms with E-state index in [9.17, 15) is 9.90 Å². The van der Waals surface area contributed by atoms with E-state index in [2.05, 4.69) is 18.7 Å². The molecule has 4 nitrogen and oxygen atoms in total. The van der Waals surface area contributed by atoms with Crippen molar-refractivity contribution in [3.63, 3.8) is 0 Å². The molecule has 0 bridgehead atoms. The quantitative estimate of drug-likeness (QED) is 0.887. The highest BCUT2D eigenvalue weighted by Crippen LogP contribution is 2.35. The summed E-state index contributed by atoms with van der Waals surface area (Å²) in [6, 6.07) is 5.32.